The van der Waals surface area contributed by atoms with E-state index in [2.05, 4.69) is 73.7 Å². The largest absolute Gasteiger partial charge is 0.0767 e. The van der Waals surface area contributed by atoms with Crippen LogP contribution >= 0.6 is 0 Å². The minimum Gasteiger partial charge on any atom is -0.0767 e. The highest BCUT2D eigenvalue weighted by molar-refractivity contribution is 5.50. The predicted molar refractivity (Wildman–Crippen MR) is 70.3 cm³/mol. The first kappa shape index (κ1) is 10.7. The predicted octanol–water partition coefficient (Wildman–Crippen LogP) is 4.50. The molecule has 0 radical (unpaired) electrons. The highest BCUT2D eigenvalue weighted by Crippen LogP contribution is 2.17. The zero-order valence-electron chi connectivity index (χ0n) is 9.51. The van der Waals surface area contributed by atoms with Crippen molar-refractivity contribution in [2.75, 3.05) is 0 Å². The van der Waals surface area contributed by atoms with E-state index in [9.17, 15) is 0 Å². The Morgan fingerprint density at radius 1 is 0.812 bits per heavy atom. The van der Waals surface area contributed by atoms with Gasteiger partial charge in [-0.1, -0.05) is 79.7 Å². The van der Waals surface area contributed by atoms with Crippen LogP contribution in [0, 0.1) is 0 Å². The van der Waals surface area contributed by atoms with Gasteiger partial charge < -0.3 is 0 Å². The van der Waals surface area contributed by atoms with Crippen LogP contribution in [0.2, 0.25) is 0 Å². The fourth-order valence-corrected chi connectivity index (χ4v) is 1.69. The number of allylic oxidation sites excluding steroid dienone is 1. The van der Waals surface area contributed by atoms with E-state index in [0.29, 0.717) is 5.92 Å². The molecule has 0 bridgehead atoms. The van der Waals surface area contributed by atoms with Gasteiger partial charge in [0.2, 0.25) is 0 Å². The Bertz CT molecular complexity index is 440. The average Bonchev–Trinajstić information content (AvgIpc) is 2.38. The van der Waals surface area contributed by atoms with E-state index in [-0.39, 0.29) is 0 Å². The van der Waals surface area contributed by atoms with Crippen LogP contribution in [0.15, 0.2) is 66.7 Å². The highest BCUT2D eigenvalue weighted by Gasteiger charge is 1.98. The second-order valence-electron chi connectivity index (χ2n) is 3.97. The molecule has 0 amide bonds. The van der Waals surface area contributed by atoms with Crippen LogP contribution in [0.1, 0.15) is 24.0 Å². The van der Waals surface area contributed by atoms with Gasteiger partial charge in [-0.15, -0.1) is 0 Å². The summed E-state index contributed by atoms with van der Waals surface area (Å²) in [7, 11) is 0. The van der Waals surface area contributed by atoms with E-state index in [0.717, 1.165) is 0 Å². The van der Waals surface area contributed by atoms with E-state index in [1.807, 2.05) is 6.07 Å². The highest BCUT2D eigenvalue weighted by atomic mass is 14.0. The molecule has 0 saturated heterocycles. The molecule has 0 nitrogen and oxygen atoms in total. The molecule has 0 saturated carbocycles. The lowest BCUT2D eigenvalue weighted by Crippen LogP contribution is -1.87. The first-order chi connectivity index (χ1) is 7.86. The van der Waals surface area contributed by atoms with E-state index in [1.165, 1.54) is 11.1 Å². The molecule has 0 aliphatic rings. The van der Waals surface area contributed by atoms with Gasteiger partial charge in [-0.3, -0.25) is 0 Å². The van der Waals surface area contributed by atoms with Crippen molar-refractivity contribution in [3.05, 3.63) is 77.9 Å². The normalized spacial score (nSPS) is 12.8. The lowest BCUT2D eigenvalue weighted by molar-refractivity contribution is 0.973. The molecule has 0 aliphatic heterocycles. The maximum Gasteiger partial charge on any atom is -0.000711 e. The van der Waals surface area contributed by atoms with Crippen molar-refractivity contribution < 1.29 is 0 Å². The minimum absolute atomic E-state index is 0.460. The second-order valence-corrected chi connectivity index (χ2v) is 3.97. The topological polar surface area (TPSA) is 0 Å². The fourth-order valence-electron chi connectivity index (χ4n) is 1.69. The zero-order valence-corrected chi connectivity index (χ0v) is 9.51. The lowest BCUT2D eigenvalue weighted by atomic mass is 10.00. The quantitative estimate of drug-likeness (QED) is 0.696. The van der Waals surface area contributed by atoms with E-state index >= 15 is 0 Å². The van der Waals surface area contributed by atoms with Gasteiger partial charge in [-0.05, 0) is 17.0 Å². The molecule has 0 aromatic heterocycles. The maximum atomic E-state index is 2.24. The molecule has 0 N–H and O–H groups in total. The van der Waals surface area contributed by atoms with Gasteiger partial charge in [0, 0.05) is 0 Å². The summed E-state index contributed by atoms with van der Waals surface area (Å²) < 4.78 is 0. The summed E-state index contributed by atoms with van der Waals surface area (Å²) in [5, 5.41) is 0. The van der Waals surface area contributed by atoms with Gasteiger partial charge in [-0.25, -0.2) is 0 Å². The first-order valence-electron chi connectivity index (χ1n) is 5.64. The molecule has 0 heterocycles. The molecule has 0 heteroatoms. The molecule has 80 valence electrons. The molecular weight excluding hydrogens is 192 g/mol. The maximum absolute atomic E-state index is 2.24. The summed E-state index contributed by atoms with van der Waals surface area (Å²) in [6.45, 7) is 2.22. The van der Waals surface area contributed by atoms with Crippen LogP contribution in [0.4, 0.5) is 0 Å². The first-order valence-corrected chi connectivity index (χ1v) is 5.64. The molecule has 16 heavy (non-hydrogen) atoms. The third-order valence-corrected chi connectivity index (χ3v) is 2.70. The average molecular weight is 208 g/mol. The molecule has 0 aliphatic carbocycles. The van der Waals surface area contributed by atoms with Gasteiger partial charge in [0.1, 0.15) is 0 Å². The second kappa shape index (κ2) is 5.32. The van der Waals surface area contributed by atoms with Crippen LogP contribution in [-0.4, -0.2) is 0 Å². The molecule has 2 aromatic rings. The SMILES string of the molecule is C[C@@H](/C=C/c1ccccc1)c1ccccc1. The van der Waals surface area contributed by atoms with Crippen molar-refractivity contribution in [3.8, 4) is 0 Å². The number of hydrogen-bond acceptors (Lipinski definition) is 0. The van der Waals surface area contributed by atoms with Gasteiger partial charge in [-0.2, -0.15) is 0 Å². The van der Waals surface area contributed by atoms with Crippen molar-refractivity contribution in [1.29, 1.82) is 0 Å². The van der Waals surface area contributed by atoms with Gasteiger partial charge in [0.25, 0.3) is 0 Å². The summed E-state index contributed by atoms with van der Waals surface area (Å²) in [6, 6.07) is 21.0. The minimum atomic E-state index is 0.460. The molecule has 0 unspecified atom stereocenters. The Morgan fingerprint density at radius 2 is 1.38 bits per heavy atom. The number of hydrogen-bond donors (Lipinski definition) is 0. The Balaban J connectivity index is 2.08. The smallest absolute Gasteiger partial charge is 0.000711 e. The summed E-state index contributed by atoms with van der Waals surface area (Å²) in [4.78, 5) is 0. The van der Waals surface area contributed by atoms with E-state index in [4.69, 9.17) is 0 Å². The lowest BCUT2D eigenvalue weighted by Gasteiger charge is -2.05. The van der Waals surface area contributed by atoms with Crippen LogP contribution in [0.3, 0.4) is 0 Å². The van der Waals surface area contributed by atoms with Crippen molar-refractivity contribution >= 4 is 6.08 Å². The molecule has 2 aromatic carbocycles. The van der Waals surface area contributed by atoms with Crippen LogP contribution in [-0.2, 0) is 0 Å². The van der Waals surface area contributed by atoms with Crippen molar-refractivity contribution in [1.82, 2.24) is 0 Å². The summed E-state index contributed by atoms with van der Waals surface area (Å²) >= 11 is 0. The molecule has 1 atom stereocenters. The number of rotatable bonds is 3. The fraction of sp³-hybridized carbons (Fsp3) is 0.125. The zero-order chi connectivity index (χ0) is 11.2. The van der Waals surface area contributed by atoms with Gasteiger partial charge in [0.05, 0.1) is 0 Å². The van der Waals surface area contributed by atoms with Gasteiger partial charge >= 0.3 is 0 Å². The monoisotopic (exact) mass is 208 g/mol. The summed E-state index contributed by atoms with van der Waals surface area (Å²) in [5.74, 6) is 0.460. The van der Waals surface area contributed by atoms with Gasteiger partial charge in [0.15, 0.2) is 0 Å². The molecular formula is C16H16. The molecule has 2 rings (SSSR count). The van der Waals surface area contributed by atoms with Crippen LogP contribution < -0.4 is 0 Å². The van der Waals surface area contributed by atoms with Crippen molar-refractivity contribution in [3.63, 3.8) is 0 Å². The molecule has 0 fully saturated rings. The third-order valence-electron chi connectivity index (χ3n) is 2.70. The standard InChI is InChI=1S/C16H16/c1-14(16-10-6-3-7-11-16)12-13-15-8-4-2-5-9-15/h2-14H,1H3/b13-12+/t14-/m0/s1. The Kier molecular flexibility index (Phi) is 3.55. The third kappa shape index (κ3) is 2.83. The van der Waals surface area contributed by atoms with Crippen molar-refractivity contribution in [2.45, 2.75) is 12.8 Å². The molecule has 0 spiro atoms. The Labute approximate surface area is 97.3 Å². The van der Waals surface area contributed by atoms with Crippen molar-refractivity contribution in [2.24, 2.45) is 0 Å². The summed E-state index contributed by atoms with van der Waals surface area (Å²) in [5.41, 5.74) is 2.61. The summed E-state index contributed by atoms with van der Waals surface area (Å²) in [6.07, 6.45) is 4.42. The van der Waals surface area contributed by atoms with E-state index < -0.39 is 0 Å². The van der Waals surface area contributed by atoms with E-state index in [1.54, 1.807) is 0 Å². The Hall–Kier alpha value is -1.82. The Morgan fingerprint density at radius 3 is 2.00 bits per heavy atom. The number of benzene rings is 2. The van der Waals surface area contributed by atoms with Crippen LogP contribution in [0.5, 0.6) is 0 Å². The van der Waals surface area contributed by atoms with Crippen LogP contribution in [0.25, 0.3) is 6.08 Å².